The van der Waals surface area contributed by atoms with Gasteiger partial charge in [-0.2, -0.15) is 10.4 Å². The normalized spacial score (nSPS) is 34.8. The Kier molecular flexibility index (Phi) is 5.81. The fraction of sp³-hybridized carbons (Fsp3) is 0.478. The lowest BCUT2D eigenvalue weighted by Crippen LogP contribution is -2.40. The van der Waals surface area contributed by atoms with Gasteiger partial charge in [0.05, 0.1) is 25.0 Å². The Balaban J connectivity index is 1.28. The highest BCUT2D eigenvalue weighted by atomic mass is 31.2. The molecule has 3 saturated heterocycles. The molecule has 14 heteroatoms. The molecule has 1 unspecified atom stereocenters. The van der Waals surface area contributed by atoms with Gasteiger partial charge in [-0.05, 0) is 43.7 Å². The molecule has 0 amide bonds. The molecular weight excluding hydrogens is 503 g/mol. The zero-order valence-electron chi connectivity index (χ0n) is 20.1. The average Bonchev–Trinajstić information content (AvgIpc) is 3.54. The number of phosphoric ester groups is 1. The van der Waals surface area contributed by atoms with Crippen molar-refractivity contribution in [3.05, 3.63) is 54.2 Å². The van der Waals surface area contributed by atoms with E-state index in [-0.39, 0.29) is 19.0 Å². The molecule has 13 nitrogen and oxygen atoms in total. The van der Waals surface area contributed by atoms with E-state index in [2.05, 4.69) is 21.1 Å². The number of rotatable bonds is 5. The highest BCUT2D eigenvalue weighted by molar-refractivity contribution is 7.48. The van der Waals surface area contributed by atoms with Gasteiger partial charge in [0, 0.05) is 18.8 Å². The van der Waals surface area contributed by atoms with Crippen LogP contribution in [0.4, 0.5) is 5.82 Å². The highest BCUT2D eigenvalue weighted by Crippen LogP contribution is 2.58. The van der Waals surface area contributed by atoms with Crippen LogP contribution in [0.25, 0.3) is 5.52 Å². The first kappa shape index (κ1) is 24.4. The number of nitriles is 1. The zero-order chi connectivity index (χ0) is 25.8. The Hall–Kier alpha value is -2.95. The first-order chi connectivity index (χ1) is 17.7. The first-order valence-corrected chi connectivity index (χ1v) is 13.2. The second kappa shape index (κ2) is 8.82. The minimum absolute atomic E-state index is 0.188. The van der Waals surface area contributed by atoms with Crippen molar-refractivity contribution >= 4 is 19.2 Å². The van der Waals surface area contributed by atoms with Gasteiger partial charge in [-0.3, -0.25) is 18.6 Å². The summed E-state index contributed by atoms with van der Waals surface area (Å²) in [6.07, 6.45) is 2.21. The van der Waals surface area contributed by atoms with Crippen LogP contribution in [-0.2, 0) is 37.9 Å². The molecule has 3 aliphatic rings. The second-order valence-corrected chi connectivity index (χ2v) is 11.0. The third kappa shape index (κ3) is 4.11. The molecule has 6 atom stereocenters. The van der Waals surface area contributed by atoms with Crippen LogP contribution in [0.5, 0.6) is 0 Å². The molecule has 194 valence electrons. The maximum absolute atomic E-state index is 13.4. The molecule has 3 aromatic rings. The number of fused-ring (bicyclic) bond motifs is 2. The summed E-state index contributed by atoms with van der Waals surface area (Å²) in [5.74, 6) is -0.754. The Morgan fingerprint density at radius 1 is 1.24 bits per heavy atom. The van der Waals surface area contributed by atoms with E-state index in [0.29, 0.717) is 17.6 Å². The SMILES string of the molecule is CC1(C)O[C@H]2[C@@H](O1)[C@](C#N)(c1ccc3c(N)ncnn13)O[C@@H]2COP1(=O)OCC[C@@H](c2ccncc2)O1. The van der Waals surface area contributed by atoms with Crippen LogP contribution in [0.2, 0.25) is 0 Å². The molecule has 0 saturated carbocycles. The van der Waals surface area contributed by atoms with Gasteiger partial charge in [0.15, 0.2) is 11.6 Å². The number of nitrogen functional groups attached to an aromatic ring is 1. The molecule has 2 N–H and O–H groups in total. The van der Waals surface area contributed by atoms with Crippen molar-refractivity contribution in [3.63, 3.8) is 0 Å². The predicted molar refractivity (Wildman–Crippen MR) is 126 cm³/mol. The van der Waals surface area contributed by atoms with Crippen LogP contribution < -0.4 is 5.73 Å². The number of hydrogen-bond donors (Lipinski definition) is 1. The van der Waals surface area contributed by atoms with Crippen LogP contribution in [0.1, 0.15) is 37.6 Å². The van der Waals surface area contributed by atoms with Crippen molar-refractivity contribution in [2.75, 3.05) is 18.9 Å². The van der Waals surface area contributed by atoms with E-state index < -0.39 is 43.6 Å². The van der Waals surface area contributed by atoms with Crippen molar-refractivity contribution in [1.82, 2.24) is 19.6 Å². The third-order valence-corrected chi connectivity index (χ3v) is 8.10. The van der Waals surface area contributed by atoms with Crippen LogP contribution >= 0.6 is 7.82 Å². The highest BCUT2D eigenvalue weighted by Gasteiger charge is 2.65. The molecule has 3 aliphatic heterocycles. The molecular formula is C23H25N6O7P. The van der Waals surface area contributed by atoms with Gasteiger partial charge in [0.25, 0.3) is 0 Å². The van der Waals surface area contributed by atoms with Gasteiger partial charge in [0.2, 0.25) is 5.60 Å². The van der Waals surface area contributed by atoms with Gasteiger partial charge in [-0.15, -0.1) is 0 Å². The molecule has 3 aromatic heterocycles. The van der Waals surface area contributed by atoms with Gasteiger partial charge >= 0.3 is 7.82 Å². The zero-order valence-corrected chi connectivity index (χ0v) is 21.0. The molecule has 0 radical (unpaired) electrons. The summed E-state index contributed by atoms with van der Waals surface area (Å²) in [5, 5.41) is 14.7. The molecule has 0 bridgehead atoms. The largest absolute Gasteiger partial charge is 0.475 e. The third-order valence-electron chi connectivity index (χ3n) is 6.62. The fourth-order valence-electron chi connectivity index (χ4n) is 5.01. The van der Waals surface area contributed by atoms with Crippen LogP contribution in [0.15, 0.2) is 43.0 Å². The first-order valence-electron chi connectivity index (χ1n) is 11.7. The predicted octanol–water partition coefficient (Wildman–Crippen LogP) is 2.65. The monoisotopic (exact) mass is 528 g/mol. The smallest absolute Gasteiger partial charge is 0.382 e. The molecule has 0 aliphatic carbocycles. The lowest BCUT2D eigenvalue weighted by molar-refractivity contribution is -0.204. The number of nitrogens with zero attached hydrogens (tertiary/aromatic N) is 5. The van der Waals surface area contributed by atoms with E-state index >= 15 is 0 Å². The van der Waals surface area contributed by atoms with E-state index in [1.165, 1.54) is 10.8 Å². The number of pyridine rings is 1. The van der Waals surface area contributed by atoms with Gasteiger partial charge < -0.3 is 19.9 Å². The number of phosphoric acid groups is 1. The second-order valence-electron chi connectivity index (χ2n) is 9.42. The number of aromatic nitrogens is 4. The minimum Gasteiger partial charge on any atom is -0.382 e. The average molecular weight is 528 g/mol. The van der Waals surface area contributed by atoms with Crippen LogP contribution in [-0.4, -0.2) is 56.9 Å². The Labute approximate surface area is 212 Å². The molecule has 3 fully saturated rings. The number of anilines is 1. The summed E-state index contributed by atoms with van der Waals surface area (Å²) in [5.41, 5.74) is 6.10. The van der Waals surface area contributed by atoms with Crippen molar-refractivity contribution in [2.24, 2.45) is 0 Å². The summed E-state index contributed by atoms with van der Waals surface area (Å²) in [6, 6.07) is 9.23. The number of hydrogen-bond acceptors (Lipinski definition) is 12. The Morgan fingerprint density at radius 3 is 2.84 bits per heavy atom. The van der Waals surface area contributed by atoms with E-state index in [0.717, 1.165) is 5.56 Å². The molecule has 0 spiro atoms. The summed E-state index contributed by atoms with van der Waals surface area (Å²) in [6.45, 7) is 3.45. The Morgan fingerprint density at radius 2 is 2.05 bits per heavy atom. The number of ether oxygens (including phenoxy) is 3. The minimum atomic E-state index is -3.93. The standard InChI is InChI=1S/C23H25N6O7P/c1-22(2)34-19-17(11-32-37(30)31-10-7-16(36-37)14-5-8-26-9-6-14)33-23(12-24,20(19)35-22)18-4-3-15-21(25)27-13-28-29(15)18/h3-6,8-9,13,16-17,19-20H,7,10-11H2,1-2H3,(H2,25,27,28)/t16-,17+,19+,20+,23-,37?/m0/s1. The lowest BCUT2D eigenvalue weighted by Gasteiger charge is -2.31. The Bertz CT molecular complexity index is 1410. The number of nitrogens with two attached hydrogens (primary N) is 1. The van der Waals surface area contributed by atoms with Crippen molar-refractivity contribution in [1.29, 1.82) is 5.26 Å². The van der Waals surface area contributed by atoms with E-state index in [4.69, 9.17) is 33.5 Å². The lowest BCUT2D eigenvalue weighted by atomic mass is 9.92. The van der Waals surface area contributed by atoms with Crippen LogP contribution in [0.3, 0.4) is 0 Å². The summed E-state index contributed by atoms with van der Waals surface area (Å²) in [7, 11) is -3.93. The molecule has 0 aromatic carbocycles. The van der Waals surface area contributed by atoms with Crippen molar-refractivity contribution in [2.45, 2.75) is 56.1 Å². The quantitative estimate of drug-likeness (QED) is 0.482. The van der Waals surface area contributed by atoms with Crippen molar-refractivity contribution in [3.8, 4) is 6.07 Å². The molecule has 6 rings (SSSR count). The fourth-order valence-corrected chi connectivity index (χ4v) is 6.41. The topological polar surface area (TPSA) is 165 Å². The molecule has 6 heterocycles. The maximum atomic E-state index is 13.4. The van der Waals surface area contributed by atoms with Crippen LogP contribution in [0, 0.1) is 11.3 Å². The van der Waals surface area contributed by atoms with Gasteiger partial charge in [-0.1, -0.05) is 0 Å². The summed E-state index contributed by atoms with van der Waals surface area (Å²) < 4.78 is 50.3. The molecule has 37 heavy (non-hydrogen) atoms. The van der Waals surface area contributed by atoms with Gasteiger partial charge in [0.1, 0.15) is 36.2 Å². The van der Waals surface area contributed by atoms with E-state index in [1.54, 1.807) is 50.5 Å². The summed E-state index contributed by atoms with van der Waals surface area (Å²) >= 11 is 0. The van der Waals surface area contributed by atoms with E-state index in [1.807, 2.05) is 0 Å². The maximum Gasteiger partial charge on any atom is 0.475 e. The van der Waals surface area contributed by atoms with E-state index in [9.17, 15) is 9.83 Å². The van der Waals surface area contributed by atoms with Gasteiger partial charge in [-0.25, -0.2) is 14.1 Å². The van der Waals surface area contributed by atoms with Crippen molar-refractivity contribution < 1.29 is 32.3 Å². The summed E-state index contributed by atoms with van der Waals surface area (Å²) in [4.78, 5) is 8.00.